The molecule has 0 amide bonds. The summed E-state index contributed by atoms with van der Waals surface area (Å²) in [5, 5.41) is 23.6. The van der Waals surface area contributed by atoms with E-state index in [9.17, 15) is 0 Å². The minimum Gasteiger partial charge on any atom is -0.0587 e. The Morgan fingerprint density at radius 1 is 0.179 bits per heavy atom. The molecule has 0 spiro atoms. The van der Waals surface area contributed by atoms with Crippen molar-refractivity contribution in [3.8, 4) is 0 Å². The lowest BCUT2D eigenvalue weighted by Crippen LogP contribution is -2.20. The minimum atomic E-state index is 0.0283. The van der Waals surface area contributed by atoms with Crippen LogP contribution >= 0.6 is 0 Å². The van der Waals surface area contributed by atoms with Crippen LogP contribution in [0.25, 0.3) is 86.2 Å². The molecule has 0 heteroatoms. The third-order valence-electron chi connectivity index (χ3n) is 19.3. The largest absolute Gasteiger partial charge is 0.0587 e. The zero-order valence-electron chi connectivity index (χ0n) is 59.2. The van der Waals surface area contributed by atoms with Crippen molar-refractivity contribution in [2.75, 3.05) is 0 Å². The van der Waals surface area contributed by atoms with Gasteiger partial charge in [0.15, 0.2) is 0 Å². The van der Waals surface area contributed by atoms with Gasteiger partial charge in [-0.3, -0.25) is 0 Å². The highest BCUT2D eigenvalue weighted by atomic mass is 14.4. The molecule has 0 saturated carbocycles. The van der Waals surface area contributed by atoms with Crippen molar-refractivity contribution in [2.45, 2.75) is 289 Å². The summed E-state index contributed by atoms with van der Waals surface area (Å²) in [7, 11) is 0. The Hall–Kier alpha value is -5.20. The number of benzene rings is 10. The van der Waals surface area contributed by atoms with Crippen LogP contribution in [-0.2, 0) is 43.3 Å². The maximum Gasteiger partial charge on any atom is -0.00147 e. The summed E-state index contributed by atoms with van der Waals surface area (Å²) in [6.07, 6.45) is 0. The van der Waals surface area contributed by atoms with E-state index in [0.29, 0.717) is 23.7 Å². The normalized spacial score (nSPS) is 14.1. The topological polar surface area (TPSA) is 0 Å². The highest BCUT2D eigenvalue weighted by Gasteiger charge is 2.36. The molecule has 0 aliphatic carbocycles. The molecule has 0 atom stereocenters. The second-order valence-electron chi connectivity index (χ2n) is 35.8. The van der Waals surface area contributed by atoms with Crippen LogP contribution in [-0.4, -0.2) is 0 Å². The lowest BCUT2D eigenvalue weighted by atomic mass is 9.69. The van der Waals surface area contributed by atoms with Crippen LogP contribution in [0, 0.1) is 0 Å². The van der Waals surface area contributed by atoms with Crippen molar-refractivity contribution in [1.82, 2.24) is 0 Å². The van der Waals surface area contributed by atoms with Gasteiger partial charge in [-0.1, -0.05) is 294 Å². The molecule has 0 radical (unpaired) electrons. The van der Waals surface area contributed by atoms with Crippen molar-refractivity contribution in [3.05, 3.63) is 140 Å². The molecule has 0 aliphatic rings. The lowest BCUT2D eigenvalue weighted by Gasteiger charge is -2.34. The standard InChI is InChI=1S/2C42H56/c1-23(2)27-21-31(41(11,12)13)37-29(39(5,6)7)20-18-26-34-28(24(3)4)22-32(42(14,15)16)38-30(40(8,9)10)19-17-25(36(34)38)33(27)35(26)37;1-23(2)27-21-31(41(11,12)13)37-32(42(14,15)16)22-28(24(3)4)35-26-18-20-30(40(8,9)10)36-29(39(5,6)7)19-17-25(33(26)36)34(27)38(35)37/h2*17-24H,1-16H3. The molecule has 0 fully saturated rings. The summed E-state index contributed by atoms with van der Waals surface area (Å²) in [5.74, 6) is 1.68. The number of rotatable bonds is 4. The maximum atomic E-state index is 2.60. The average Bonchev–Trinajstić information content (AvgIpc) is 1.51. The molecule has 0 N–H and O–H groups in total. The molecule has 84 heavy (non-hydrogen) atoms. The summed E-state index contributed by atoms with van der Waals surface area (Å²) < 4.78 is 0. The van der Waals surface area contributed by atoms with Gasteiger partial charge in [-0.15, -0.1) is 0 Å². The monoisotopic (exact) mass is 1120 g/mol. The van der Waals surface area contributed by atoms with Crippen LogP contribution in [0.5, 0.6) is 0 Å². The Balaban J connectivity index is 0.000000202. The first-order valence-electron chi connectivity index (χ1n) is 32.7. The Morgan fingerprint density at radius 2 is 0.345 bits per heavy atom. The van der Waals surface area contributed by atoms with E-state index in [0.717, 1.165) is 0 Å². The molecule has 0 saturated heterocycles. The predicted octanol–water partition coefficient (Wildman–Crippen LogP) is 26.3. The number of hydrogen-bond acceptors (Lipinski definition) is 0. The van der Waals surface area contributed by atoms with Gasteiger partial charge in [-0.05, 0) is 220 Å². The molecular formula is C84H112. The van der Waals surface area contributed by atoms with Gasteiger partial charge >= 0.3 is 0 Å². The van der Waals surface area contributed by atoms with Crippen LogP contribution in [0.4, 0.5) is 0 Å². The first-order valence-corrected chi connectivity index (χ1v) is 32.7. The Morgan fingerprint density at radius 3 is 0.536 bits per heavy atom. The Bertz CT molecular complexity index is 3940. The van der Waals surface area contributed by atoms with Crippen LogP contribution < -0.4 is 0 Å². The van der Waals surface area contributed by atoms with Gasteiger partial charge in [0.05, 0.1) is 0 Å². The van der Waals surface area contributed by atoms with E-state index in [1.807, 2.05) is 0 Å². The van der Waals surface area contributed by atoms with E-state index in [4.69, 9.17) is 0 Å². The van der Waals surface area contributed by atoms with Crippen LogP contribution in [0.2, 0.25) is 0 Å². The van der Waals surface area contributed by atoms with Gasteiger partial charge in [0.25, 0.3) is 0 Å². The van der Waals surface area contributed by atoms with E-state index in [2.05, 4.69) is 294 Å². The number of fused-ring (bicyclic) bond motifs is 4. The van der Waals surface area contributed by atoms with E-state index >= 15 is 0 Å². The fraction of sp³-hybridized carbons (Fsp3) is 0.524. The van der Waals surface area contributed by atoms with Crippen molar-refractivity contribution in [3.63, 3.8) is 0 Å². The van der Waals surface area contributed by atoms with E-state index in [-0.39, 0.29) is 43.3 Å². The van der Waals surface area contributed by atoms with Gasteiger partial charge in [-0.2, -0.15) is 0 Å². The van der Waals surface area contributed by atoms with Crippen molar-refractivity contribution >= 4 is 86.2 Å². The Labute approximate surface area is 511 Å². The summed E-state index contributed by atoms with van der Waals surface area (Å²) in [6.45, 7) is 76.5. The fourth-order valence-corrected chi connectivity index (χ4v) is 15.0. The highest BCUT2D eigenvalue weighted by Crippen LogP contribution is 2.56. The molecular weight excluding hydrogens is 1010 g/mol. The minimum absolute atomic E-state index is 0.0283. The SMILES string of the molecule is CC(C)c1cc(C(C)(C)C)c2c(C(C)(C)C)cc(C(C)C)c3c4ccc(C(C)(C)C)c5c(C(C)(C)C)ccc(c1c23)c54.CC(C)c1cc(C(C)(C)C)c2c(C(C)(C)C)ccc3c4c(C(C)C)cc(C(C)(C)C)c5c(C(C)(C)C)ccc(c1c23)c54. The maximum absolute atomic E-state index is 2.60. The van der Waals surface area contributed by atoms with Gasteiger partial charge in [0.1, 0.15) is 0 Å². The molecule has 0 aliphatic heterocycles. The zero-order chi connectivity index (χ0) is 63.0. The molecule has 0 heterocycles. The third kappa shape index (κ3) is 10.3. The number of hydrogen-bond donors (Lipinski definition) is 0. The molecule has 448 valence electrons. The molecule has 0 aromatic heterocycles. The van der Waals surface area contributed by atoms with E-state index < -0.39 is 0 Å². The first kappa shape index (κ1) is 63.3. The summed E-state index contributed by atoms with van der Waals surface area (Å²) in [5.41, 5.74) is 18.0. The second-order valence-corrected chi connectivity index (χ2v) is 35.8. The average molecular weight is 1120 g/mol. The van der Waals surface area contributed by atoms with Gasteiger partial charge in [-0.25, -0.2) is 0 Å². The third-order valence-corrected chi connectivity index (χ3v) is 19.3. The van der Waals surface area contributed by atoms with E-state index in [1.54, 1.807) is 0 Å². The summed E-state index contributed by atoms with van der Waals surface area (Å²) >= 11 is 0. The van der Waals surface area contributed by atoms with Crippen molar-refractivity contribution < 1.29 is 0 Å². The first-order chi connectivity index (χ1) is 38.1. The summed E-state index contributed by atoms with van der Waals surface area (Å²) in [6, 6.07) is 30.2. The lowest BCUT2D eigenvalue weighted by molar-refractivity contribution is 0.579. The molecule has 10 aromatic rings. The Kier molecular flexibility index (Phi) is 15.2. The molecule has 0 bridgehead atoms. The molecule has 0 unspecified atom stereocenters. The van der Waals surface area contributed by atoms with Crippen molar-refractivity contribution in [2.24, 2.45) is 0 Å². The summed E-state index contributed by atoms with van der Waals surface area (Å²) in [4.78, 5) is 0. The van der Waals surface area contributed by atoms with Crippen LogP contribution in [0.15, 0.2) is 72.8 Å². The van der Waals surface area contributed by atoms with Crippen LogP contribution in [0.1, 0.15) is 312 Å². The second kappa shape index (κ2) is 20.2. The molecule has 10 aromatic carbocycles. The highest BCUT2D eigenvalue weighted by molar-refractivity contribution is 6.37. The smallest absolute Gasteiger partial charge is 0.00147 e. The van der Waals surface area contributed by atoms with Gasteiger partial charge in [0, 0.05) is 0 Å². The predicted molar refractivity (Wildman–Crippen MR) is 381 cm³/mol. The van der Waals surface area contributed by atoms with Gasteiger partial charge < -0.3 is 0 Å². The molecule has 0 nitrogen and oxygen atoms in total. The zero-order valence-corrected chi connectivity index (χ0v) is 59.2. The quantitative estimate of drug-likeness (QED) is 0.122. The van der Waals surface area contributed by atoms with E-state index in [1.165, 1.54) is 153 Å². The van der Waals surface area contributed by atoms with Gasteiger partial charge in [0.2, 0.25) is 0 Å². The van der Waals surface area contributed by atoms with Crippen molar-refractivity contribution in [1.29, 1.82) is 0 Å². The van der Waals surface area contributed by atoms with Crippen LogP contribution in [0.3, 0.4) is 0 Å². The molecule has 10 rings (SSSR count). The fourth-order valence-electron chi connectivity index (χ4n) is 15.0.